The van der Waals surface area contributed by atoms with Gasteiger partial charge in [0.25, 0.3) is 5.91 Å². The zero-order valence-corrected chi connectivity index (χ0v) is 23.8. The molecule has 0 aromatic heterocycles. The minimum absolute atomic E-state index is 0.168. The zero-order chi connectivity index (χ0) is 24.5. The first-order chi connectivity index (χ1) is 17.0. The van der Waals surface area contributed by atoms with Crippen LogP contribution in [0.1, 0.15) is 96.3 Å². The van der Waals surface area contributed by atoms with Gasteiger partial charge < -0.3 is 10.1 Å². The molecule has 1 saturated heterocycles. The van der Waals surface area contributed by atoms with Crippen LogP contribution in [0.2, 0.25) is 0 Å². The van der Waals surface area contributed by atoms with Crippen LogP contribution in [0.25, 0.3) is 0 Å². The van der Waals surface area contributed by atoms with Crippen molar-refractivity contribution < 1.29 is 14.3 Å². The Morgan fingerprint density at radius 2 is 1.40 bits per heavy atom. The van der Waals surface area contributed by atoms with Crippen LogP contribution in [0.15, 0.2) is 29.2 Å². The normalized spacial score (nSPS) is 29.5. The number of carbonyl (C=O) groups excluding carboxylic acids is 2. The summed E-state index contributed by atoms with van der Waals surface area (Å²) in [7, 11) is 0. The van der Waals surface area contributed by atoms with Gasteiger partial charge in [-0.15, -0.1) is 11.8 Å². The van der Waals surface area contributed by atoms with Crippen molar-refractivity contribution in [2.24, 2.45) is 11.8 Å². The summed E-state index contributed by atoms with van der Waals surface area (Å²) in [5.74, 6) is 1.75. The molecule has 1 aromatic rings. The highest BCUT2D eigenvalue weighted by molar-refractivity contribution is 14.1. The lowest BCUT2D eigenvalue weighted by Gasteiger charge is -2.29. The van der Waals surface area contributed by atoms with Gasteiger partial charge in [0.1, 0.15) is 5.75 Å². The van der Waals surface area contributed by atoms with Gasteiger partial charge in [0.15, 0.2) is 3.55 Å². The molecule has 1 aliphatic heterocycles. The van der Waals surface area contributed by atoms with Crippen LogP contribution >= 0.6 is 34.4 Å². The van der Waals surface area contributed by atoms with Crippen molar-refractivity contribution in [1.82, 2.24) is 10.6 Å². The van der Waals surface area contributed by atoms with E-state index in [9.17, 15) is 9.59 Å². The van der Waals surface area contributed by atoms with Crippen molar-refractivity contribution in [3.8, 4) is 5.75 Å². The summed E-state index contributed by atoms with van der Waals surface area (Å²) in [5, 5.41) is 5.97. The third-order valence-electron chi connectivity index (χ3n) is 7.91. The van der Waals surface area contributed by atoms with Gasteiger partial charge in [-0.3, -0.25) is 10.1 Å². The van der Waals surface area contributed by atoms with E-state index in [0.717, 1.165) is 44.0 Å². The number of urea groups is 1. The average Bonchev–Trinajstić information content (AvgIpc) is 3.03. The summed E-state index contributed by atoms with van der Waals surface area (Å²) >= 11 is 4.19. The molecular weight excluding hydrogens is 571 g/mol. The van der Waals surface area contributed by atoms with E-state index in [1.54, 1.807) is 0 Å². The Hall–Kier alpha value is -0.960. The number of ether oxygens (including phenoxy) is 1. The van der Waals surface area contributed by atoms with Crippen molar-refractivity contribution in [2.75, 3.05) is 6.61 Å². The molecule has 2 aliphatic carbocycles. The van der Waals surface area contributed by atoms with E-state index < -0.39 is 3.55 Å². The molecule has 35 heavy (non-hydrogen) atoms. The molecule has 5 nitrogen and oxygen atoms in total. The Labute approximate surface area is 228 Å². The van der Waals surface area contributed by atoms with E-state index >= 15 is 0 Å². The topological polar surface area (TPSA) is 67.4 Å². The van der Waals surface area contributed by atoms with Crippen LogP contribution in [0.4, 0.5) is 4.79 Å². The van der Waals surface area contributed by atoms with Gasteiger partial charge in [-0.25, -0.2) is 4.79 Å². The smallest absolute Gasteiger partial charge is 0.322 e. The van der Waals surface area contributed by atoms with Gasteiger partial charge in [0.05, 0.1) is 6.61 Å². The summed E-state index contributed by atoms with van der Waals surface area (Å²) in [6.45, 7) is 0.861. The van der Waals surface area contributed by atoms with Crippen molar-refractivity contribution in [2.45, 2.75) is 110 Å². The number of hydrogen-bond acceptors (Lipinski definition) is 4. The van der Waals surface area contributed by atoms with Gasteiger partial charge in [0, 0.05) is 16.1 Å². The SMILES string of the molecule is O=C1NC(=O)C(I)(C2CCCCCC(Sc3ccc(OCC4CCCCCC4)cc3)CCCC2)N1. The maximum atomic E-state index is 12.4. The predicted molar refractivity (Wildman–Crippen MR) is 151 cm³/mol. The fraction of sp³-hybridized carbons (Fsp3) is 0.714. The number of halogens is 1. The molecule has 2 saturated carbocycles. The van der Waals surface area contributed by atoms with Crippen molar-refractivity contribution in [1.29, 1.82) is 0 Å². The molecule has 3 atom stereocenters. The van der Waals surface area contributed by atoms with Gasteiger partial charge in [0.2, 0.25) is 0 Å². The third kappa shape index (κ3) is 8.01. The maximum Gasteiger partial charge on any atom is 0.322 e. The first kappa shape index (κ1) is 27.1. The summed E-state index contributed by atoms with van der Waals surface area (Å²) in [4.78, 5) is 25.5. The first-order valence-corrected chi connectivity index (χ1v) is 15.7. The number of nitrogens with one attached hydrogen (secondary N) is 2. The third-order valence-corrected chi connectivity index (χ3v) is 10.9. The molecule has 4 rings (SSSR count). The van der Waals surface area contributed by atoms with Crippen molar-refractivity contribution >= 4 is 46.3 Å². The molecule has 1 heterocycles. The van der Waals surface area contributed by atoms with Gasteiger partial charge in [-0.05, 0) is 91.3 Å². The lowest BCUT2D eigenvalue weighted by Crippen LogP contribution is -2.47. The highest BCUT2D eigenvalue weighted by Crippen LogP contribution is 2.38. The second kappa shape index (κ2) is 13.5. The molecule has 194 valence electrons. The number of carbonyl (C=O) groups is 2. The maximum absolute atomic E-state index is 12.4. The van der Waals surface area contributed by atoms with Crippen LogP contribution in [0.3, 0.4) is 0 Å². The number of hydrogen-bond donors (Lipinski definition) is 2. The number of imide groups is 1. The summed E-state index contributed by atoms with van der Waals surface area (Å²) in [5.41, 5.74) is 0. The lowest BCUT2D eigenvalue weighted by molar-refractivity contribution is -0.122. The zero-order valence-electron chi connectivity index (χ0n) is 20.9. The quantitative estimate of drug-likeness (QED) is 0.114. The van der Waals surface area contributed by atoms with Gasteiger partial charge in [-0.2, -0.15) is 0 Å². The minimum atomic E-state index is -0.781. The fourth-order valence-corrected chi connectivity index (χ4v) is 8.04. The standard InChI is InChI=1S/C28H41IN2O3S/c29-28(26(32)30-27(33)31-28)22-12-6-3-7-14-24(15-9-8-13-22)35-25-18-16-23(17-19-25)34-20-21-10-4-1-2-5-11-21/h16-19,21-22,24H,1-15,20H2,(H2,30,31,32,33). The van der Waals surface area contributed by atoms with E-state index in [4.69, 9.17) is 4.74 Å². The molecule has 1 aromatic carbocycles. The molecule has 3 unspecified atom stereocenters. The van der Waals surface area contributed by atoms with Crippen LogP contribution in [-0.4, -0.2) is 27.3 Å². The van der Waals surface area contributed by atoms with Crippen LogP contribution < -0.4 is 15.4 Å². The molecule has 7 heteroatoms. The molecule has 3 aliphatic rings. The lowest BCUT2D eigenvalue weighted by atomic mass is 9.88. The monoisotopic (exact) mass is 612 g/mol. The second-order valence-corrected chi connectivity index (χ2v) is 13.7. The molecule has 0 spiro atoms. The summed E-state index contributed by atoms with van der Waals surface area (Å²) in [6, 6.07) is 8.41. The first-order valence-electron chi connectivity index (χ1n) is 13.7. The summed E-state index contributed by atoms with van der Waals surface area (Å²) in [6.07, 6.45) is 18.3. The molecule has 0 bridgehead atoms. The minimum Gasteiger partial charge on any atom is -0.493 e. The van der Waals surface area contributed by atoms with Crippen LogP contribution in [0.5, 0.6) is 5.75 Å². The number of thioether (sulfide) groups is 1. The largest absolute Gasteiger partial charge is 0.493 e. The van der Waals surface area contributed by atoms with Crippen LogP contribution in [-0.2, 0) is 4.79 Å². The Morgan fingerprint density at radius 3 is 2.06 bits per heavy atom. The molecule has 3 amide bonds. The Kier molecular flexibility index (Phi) is 10.5. The Morgan fingerprint density at radius 1 is 0.829 bits per heavy atom. The van der Waals surface area contributed by atoms with E-state index in [2.05, 4.69) is 57.5 Å². The van der Waals surface area contributed by atoms with E-state index in [1.807, 2.05) is 11.8 Å². The number of alkyl halides is 1. The van der Waals surface area contributed by atoms with Crippen molar-refractivity contribution in [3.63, 3.8) is 0 Å². The Bertz CT molecular complexity index is 828. The van der Waals surface area contributed by atoms with Crippen molar-refractivity contribution in [3.05, 3.63) is 24.3 Å². The highest BCUT2D eigenvalue weighted by atomic mass is 127. The predicted octanol–water partition coefficient (Wildman–Crippen LogP) is 7.61. The highest BCUT2D eigenvalue weighted by Gasteiger charge is 2.49. The van der Waals surface area contributed by atoms with E-state index in [0.29, 0.717) is 5.25 Å². The van der Waals surface area contributed by atoms with Gasteiger partial charge >= 0.3 is 6.03 Å². The number of amides is 3. The molecule has 3 fully saturated rings. The number of benzene rings is 1. The molecular formula is C28H41IN2O3S. The van der Waals surface area contributed by atoms with E-state index in [1.165, 1.54) is 75.5 Å². The number of rotatable bonds is 6. The van der Waals surface area contributed by atoms with Gasteiger partial charge in [-0.1, -0.05) is 57.8 Å². The Balaban J connectivity index is 1.24. The average molecular weight is 613 g/mol. The van der Waals surface area contributed by atoms with Crippen LogP contribution in [0, 0.1) is 11.8 Å². The second-order valence-electron chi connectivity index (χ2n) is 10.6. The fourth-order valence-electron chi connectivity index (χ4n) is 5.79. The van der Waals surface area contributed by atoms with E-state index in [-0.39, 0.29) is 17.9 Å². The molecule has 0 radical (unpaired) electrons. The molecule has 2 N–H and O–H groups in total. The summed E-state index contributed by atoms with van der Waals surface area (Å²) < 4.78 is 5.36.